The van der Waals surface area contributed by atoms with E-state index in [1.807, 2.05) is 50.5 Å². The number of hydrogen-bond donors (Lipinski definition) is 3. The minimum Gasteiger partial charge on any atom is -0.367 e. The molecule has 1 heterocycles. The maximum atomic E-state index is 12.8. The van der Waals surface area contributed by atoms with E-state index in [0.29, 0.717) is 29.2 Å². The van der Waals surface area contributed by atoms with Crippen LogP contribution in [0.4, 0.5) is 11.8 Å². The third-order valence-electron chi connectivity index (χ3n) is 6.63. The van der Waals surface area contributed by atoms with Crippen molar-refractivity contribution < 1.29 is 8.42 Å². The van der Waals surface area contributed by atoms with E-state index in [9.17, 15) is 8.42 Å². The summed E-state index contributed by atoms with van der Waals surface area (Å²) >= 11 is 0. The normalized spacial score (nSPS) is 18.5. The molecule has 0 atom stereocenters. The number of nitrogens with one attached hydrogen (secondary N) is 3. The van der Waals surface area contributed by atoms with Crippen LogP contribution in [0, 0.1) is 11.8 Å². The molecule has 3 aromatic rings. The number of aromatic nitrogens is 2. The van der Waals surface area contributed by atoms with Gasteiger partial charge in [-0.05, 0) is 69.6 Å². The summed E-state index contributed by atoms with van der Waals surface area (Å²) in [4.78, 5) is 9.78. The quantitative estimate of drug-likeness (QED) is 0.370. The average molecular weight is 492 g/mol. The molecule has 1 radical (unpaired) electrons. The summed E-state index contributed by atoms with van der Waals surface area (Å²) < 4.78 is 28.5. The Morgan fingerprint density at radius 1 is 0.943 bits per heavy atom. The number of anilines is 2. The molecular formula is C26H35BN5O2S. The molecule has 9 heteroatoms. The predicted molar refractivity (Wildman–Crippen MR) is 145 cm³/mol. The molecule has 2 aromatic carbocycles. The van der Waals surface area contributed by atoms with Crippen molar-refractivity contribution in [3.63, 3.8) is 0 Å². The fourth-order valence-electron chi connectivity index (χ4n) is 4.68. The molecule has 185 valence electrons. The second kappa shape index (κ2) is 11.4. The molecule has 1 saturated carbocycles. The summed E-state index contributed by atoms with van der Waals surface area (Å²) in [6.07, 6.45) is 4.14. The minimum absolute atomic E-state index is 0.280. The summed E-state index contributed by atoms with van der Waals surface area (Å²) in [6, 6.07) is 15.4. The SMILES string of the molecule is C[B]c1ccccc1S(=O)(=O)NCC1CCC(CNc2nc(NC(C)C)c3ccccc3n2)CC1. The van der Waals surface area contributed by atoms with E-state index in [1.54, 1.807) is 12.1 Å². The molecule has 0 unspecified atom stereocenters. The smallest absolute Gasteiger partial charge is 0.240 e. The lowest BCUT2D eigenvalue weighted by Crippen LogP contribution is -2.35. The first-order valence-corrected chi connectivity index (χ1v) is 14.0. The van der Waals surface area contributed by atoms with Crippen LogP contribution in [0.5, 0.6) is 0 Å². The number of sulfonamides is 1. The number of para-hydroxylation sites is 1. The van der Waals surface area contributed by atoms with Gasteiger partial charge in [0.05, 0.1) is 10.4 Å². The summed E-state index contributed by atoms with van der Waals surface area (Å²) in [7, 11) is -1.68. The maximum Gasteiger partial charge on any atom is 0.240 e. The van der Waals surface area contributed by atoms with E-state index in [4.69, 9.17) is 9.97 Å². The predicted octanol–water partition coefficient (Wildman–Crippen LogP) is 4.02. The molecule has 1 aliphatic rings. The molecule has 4 rings (SSSR count). The first kappa shape index (κ1) is 25.4. The van der Waals surface area contributed by atoms with E-state index in [-0.39, 0.29) is 6.04 Å². The van der Waals surface area contributed by atoms with Crippen LogP contribution in [0.1, 0.15) is 39.5 Å². The van der Waals surface area contributed by atoms with Crippen LogP contribution in [0.3, 0.4) is 0 Å². The maximum absolute atomic E-state index is 12.8. The van der Waals surface area contributed by atoms with Gasteiger partial charge >= 0.3 is 0 Å². The first-order valence-electron chi connectivity index (χ1n) is 12.5. The topological polar surface area (TPSA) is 96.0 Å². The first-order chi connectivity index (χ1) is 16.9. The van der Waals surface area contributed by atoms with Crippen LogP contribution >= 0.6 is 0 Å². The molecule has 0 spiro atoms. The lowest BCUT2D eigenvalue weighted by Gasteiger charge is -2.29. The second-order valence-electron chi connectivity index (χ2n) is 9.66. The summed E-state index contributed by atoms with van der Waals surface area (Å²) in [6.45, 7) is 7.36. The summed E-state index contributed by atoms with van der Waals surface area (Å²) in [5.41, 5.74) is 1.66. The number of rotatable bonds is 10. The van der Waals surface area contributed by atoms with Gasteiger partial charge in [0.1, 0.15) is 13.1 Å². The summed E-state index contributed by atoms with van der Waals surface area (Å²) in [5.74, 6) is 2.38. The van der Waals surface area contributed by atoms with Crippen molar-refractivity contribution in [2.24, 2.45) is 11.8 Å². The van der Waals surface area contributed by atoms with E-state index >= 15 is 0 Å². The fourth-order valence-corrected chi connectivity index (χ4v) is 6.05. The molecule has 0 aliphatic heterocycles. The average Bonchev–Trinajstić information content (AvgIpc) is 2.86. The Morgan fingerprint density at radius 3 is 2.31 bits per heavy atom. The zero-order valence-electron chi connectivity index (χ0n) is 20.8. The summed E-state index contributed by atoms with van der Waals surface area (Å²) in [5, 5.41) is 7.90. The van der Waals surface area contributed by atoms with Gasteiger partial charge in [-0.1, -0.05) is 42.6 Å². The van der Waals surface area contributed by atoms with E-state index < -0.39 is 10.0 Å². The highest BCUT2D eigenvalue weighted by Gasteiger charge is 2.24. The molecule has 1 aliphatic carbocycles. The van der Waals surface area contributed by atoms with Crippen LogP contribution in [0.2, 0.25) is 6.82 Å². The largest absolute Gasteiger partial charge is 0.367 e. The Morgan fingerprint density at radius 2 is 1.60 bits per heavy atom. The van der Waals surface area contributed by atoms with Crippen LogP contribution in [-0.2, 0) is 10.0 Å². The zero-order valence-corrected chi connectivity index (χ0v) is 21.6. The van der Waals surface area contributed by atoms with Gasteiger partial charge in [0.2, 0.25) is 16.0 Å². The lowest BCUT2D eigenvalue weighted by atomic mass is 9.73. The van der Waals surface area contributed by atoms with Gasteiger partial charge in [-0.15, -0.1) is 0 Å². The van der Waals surface area contributed by atoms with Gasteiger partial charge in [0.25, 0.3) is 0 Å². The molecule has 7 nitrogen and oxygen atoms in total. The molecule has 1 fully saturated rings. The number of fused-ring (bicyclic) bond motifs is 1. The zero-order chi connectivity index (χ0) is 24.8. The van der Waals surface area contributed by atoms with Crippen LogP contribution < -0.4 is 20.8 Å². The Labute approximate surface area is 209 Å². The standard InChI is InChI=1S/C26H35BN5O2S/c1-18(2)30-25-21-8-4-6-10-23(21)31-26(32-25)28-16-19-12-14-20(15-13-19)17-29-35(33,34)24-11-7-5-9-22(24)27-3/h4-11,18-20,29H,12-17H2,1-3H3,(H2,28,30,31,32). The molecule has 0 amide bonds. The highest BCUT2D eigenvalue weighted by molar-refractivity contribution is 7.89. The number of nitrogens with zero attached hydrogens (tertiary/aromatic N) is 2. The van der Waals surface area contributed by atoms with Gasteiger partial charge in [-0.3, -0.25) is 0 Å². The minimum atomic E-state index is -3.51. The Hall–Kier alpha value is -2.65. The fraction of sp³-hybridized carbons (Fsp3) is 0.462. The monoisotopic (exact) mass is 492 g/mol. The Kier molecular flexibility index (Phi) is 8.28. The molecular weight excluding hydrogens is 457 g/mol. The van der Waals surface area contributed by atoms with Crippen molar-refractivity contribution in [3.05, 3.63) is 48.5 Å². The molecule has 3 N–H and O–H groups in total. The van der Waals surface area contributed by atoms with Crippen molar-refractivity contribution >= 4 is 45.4 Å². The molecule has 0 saturated heterocycles. The Balaban J connectivity index is 1.29. The van der Waals surface area contributed by atoms with E-state index in [2.05, 4.69) is 29.2 Å². The highest BCUT2D eigenvalue weighted by Crippen LogP contribution is 2.29. The molecule has 1 aromatic heterocycles. The van der Waals surface area contributed by atoms with E-state index in [1.165, 1.54) is 0 Å². The third-order valence-corrected chi connectivity index (χ3v) is 8.12. The number of benzene rings is 2. The Bertz CT molecular complexity index is 1240. The highest BCUT2D eigenvalue weighted by atomic mass is 32.2. The van der Waals surface area contributed by atoms with Crippen molar-refractivity contribution in [3.8, 4) is 0 Å². The van der Waals surface area contributed by atoms with Gasteiger partial charge in [0, 0.05) is 24.5 Å². The van der Waals surface area contributed by atoms with Gasteiger partial charge in [-0.2, -0.15) is 4.98 Å². The number of hydrogen-bond acceptors (Lipinski definition) is 6. The van der Waals surface area contributed by atoms with Crippen molar-refractivity contribution in [2.45, 2.75) is 57.3 Å². The van der Waals surface area contributed by atoms with Crippen LogP contribution in [0.15, 0.2) is 53.4 Å². The van der Waals surface area contributed by atoms with E-state index in [0.717, 1.165) is 54.4 Å². The molecule has 0 bridgehead atoms. The van der Waals surface area contributed by atoms with Crippen molar-refractivity contribution in [1.29, 1.82) is 0 Å². The second-order valence-corrected chi connectivity index (χ2v) is 11.4. The van der Waals surface area contributed by atoms with Crippen LogP contribution in [0.25, 0.3) is 10.9 Å². The van der Waals surface area contributed by atoms with Gasteiger partial charge < -0.3 is 10.6 Å². The molecule has 35 heavy (non-hydrogen) atoms. The third kappa shape index (κ3) is 6.52. The lowest BCUT2D eigenvalue weighted by molar-refractivity contribution is 0.284. The van der Waals surface area contributed by atoms with Crippen molar-refractivity contribution in [1.82, 2.24) is 14.7 Å². The van der Waals surface area contributed by atoms with Gasteiger partial charge in [-0.25, -0.2) is 18.1 Å². The van der Waals surface area contributed by atoms with Gasteiger partial charge in [0.15, 0.2) is 0 Å². The van der Waals surface area contributed by atoms with Crippen molar-refractivity contribution in [2.75, 3.05) is 23.7 Å². The van der Waals surface area contributed by atoms with Crippen LogP contribution in [-0.4, -0.2) is 44.8 Å².